The van der Waals surface area contributed by atoms with Gasteiger partial charge in [-0.3, -0.25) is 4.98 Å². The molecule has 0 unspecified atom stereocenters. The van der Waals surface area contributed by atoms with Gasteiger partial charge < -0.3 is 14.6 Å². The summed E-state index contributed by atoms with van der Waals surface area (Å²) in [6, 6.07) is 8.56. The quantitative estimate of drug-likeness (QED) is 0.744. The minimum absolute atomic E-state index is 0.406. The minimum Gasteiger partial charge on any atom is -0.415 e. The maximum Gasteiger partial charge on any atom is 0.268 e. The average Bonchev–Trinajstić information content (AvgIpc) is 3.33. The Morgan fingerprint density at radius 1 is 1.19 bits per heavy atom. The second kappa shape index (κ2) is 7.44. The fourth-order valence-electron chi connectivity index (χ4n) is 3.46. The number of hydrogen-bond donors (Lipinski definition) is 1. The molecule has 3 aromatic rings. The number of rotatable bonds is 5. The molecular formula is C20H24N6O. The Balaban J connectivity index is 1.62. The molecule has 1 aliphatic heterocycles. The molecule has 27 heavy (non-hydrogen) atoms. The monoisotopic (exact) mass is 364 g/mol. The van der Waals surface area contributed by atoms with Crippen molar-refractivity contribution in [3.63, 3.8) is 0 Å². The van der Waals surface area contributed by atoms with Crippen molar-refractivity contribution in [1.82, 2.24) is 25.5 Å². The standard InChI is InChI=1S/C20H24N6O/c1-13-5-4-10-26(13)17-12-22-14(2)18(23-17)20-25-24-19(27-20)16-8-6-15(7-9-16)11-21-3/h6-9,12-13,21H,4-5,10-11H2,1-3H3/t13-/m1/s1. The van der Waals surface area contributed by atoms with Crippen molar-refractivity contribution in [3.8, 4) is 23.0 Å². The number of aryl methyl sites for hydroxylation is 1. The Kier molecular flexibility index (Phi) is 4.85. The highest BCUT2D eigenvalue weighted by atomic mass is 16.4. The summed E-state index contributed by atoms with van der Waals surface area (Å²) in [7, 11) is 1.93. The molecule has 0 bridgehead atoms. The smallest absolute Gasteiger partial charge is 0.268 e. The van der Waals surface area contributed by atoms with Crippen molar-refractivity contribution in [2.24, 2.45) is 0 Å². The molecular weight excluding hydrogens is 340 g/mol. The lowest BCUT2D eigenvalue weighted by atomic mass is 10.1. The van der Waals surface area contributed by atoms with Crippen LogP contribution in [0.1, 0.15) is 31.0 Å². The van der Waals surface area contributed by atoms with Crippen molar-refractivity contribution in [1.29, 1.82) is 0 Å². The van der Waals surface area contributed by atoms with Gasteiger partial charge in [0, 0.05) is 24.7 Å². The first-order chi connectivity index (χ1) is 13.2. The maximum atomic E-state index is 5.92. The van der Waals surface area contributed by atoms with Gasteiger partial charge in [0.15, 0.2) is 5.69 Å². The van der Waals surface area contributed by atoms with Crippen LogP contribution in [0.25, 0.3) is 23.0 Å². The molecule has 0 radical (unpaired) electrons. The maximum absolute atomic E-state index is 5.92. The molecule has 0 aliphatic carbocycles. The first kappa shape index (κ1) is 17.6. The van der Waals surface area contributed by atoms with E-state index >= 15 is 0 Å². The third-order valence-electron chi connectivity index (χ3n) is 5.00. The van der Waals surface area contributed by atoms with Crippen LogP contribution in [0, 0.1) is 6.92 Å². The normalized spacial score (nSPS) is 16.9. The van der Waals surface area contributed by atoms with Crippen molar-refractivity contribution < 1.29 is 4.42 Å². The number of nitrogens with one attached hydrogen (secondary N) is 1. The highest BCUT2D eigenvalue weighted by Gasteiger charge is 2.24. The van der Waals surface area contributed by atoms with Crippen LogP contribution in [-0.4, -0.2) is 39.8 Å². The lowest BCUT2D eigenvalue weighted by Gasteiger charge is -2.22. The van der Waals surface area contributed by atoms with E-state index < -0.39 is 0 Å². The zero-order chi connectivity index (χ0) is 18.8. The molecule has 140 valence electrons. The Labute approximate surface area is 158 Å². The molecule has 1 aliphatic rings. The summed E-state index contributed by atoms with van der Waals surface area (Å²) in [5, 5.41) is 11.6. The molecule has 1 fully saturated rings. The molecule has 1 aromatic carbocycles. The number of anilines is 1. The van der Waals surface area contributed by atoms with Crippen LogP contribution in [0.4, 0.5) is 5.82 Å². The van der Waals surface area contributed by atoms with Gasteiger partial charge in [0.25, 0.3) is 5.89 Å². The molecule has 3 heterocycles. The fraction of sp³-hybridized carbons (Fsp3) is 0.400. The molecule has 7 nitrogen and oxygen atoms in total. The largest absolute Gasteiger partial charge is 0.415 e. The molecule has 1 N–H and O–H groups in total. The summed E-state index contributed by atoms with van der Waals surface area (Å²) in [5.74, 6) is 1.77. The van der Waals surface area contributed by atoms with Gasteiger partial charge in [-0.05, 0) is 51.4 Å². The lowest BCUT2D eigenvalue weighted by molar-refractivity contribution is 0.580. The SMILES string of the molecule is CNCc1ccc(-c2nnc(-c3nc(N4CCC[C@H]4C)cnc3C)o2)cc1. The van der Waals surface area contributed by atoms with Crippen LogP contribution < -0.4 is 10.2 Å². The molecule has 7 heteroatoms. The molecule has 0 spiro atoms. The Bertz CT molecular complexity index is 920. The van der Waals surface area contributed by atoms with E-state index in [1.54, 1.807) is 0 Å². The van der Waals surface area contributed by atoms with Crippen molar-refractivity contribution >= 4 is 5.82 Å². The summed E-state index contributed by atoms with van der Waals surface area (Å²) in [5.41, 5.74) is 3.53. The Morgan fingerprint density at radius 3 is 2.67 bits per heavy atom. The first-order valence-corrected chi connectivity index (χ1v) is 9.34. The average molecular weight is 364 g/mol. The molecule has 4 rings (SSSR count). The zero-order valence-corrected chi connectivity index (χ0v) is 15.9. The van der Waals surface area contributed by atoms with E-state index in [1.807, 2.05) is 32.3 Å². The van der Waals surface area contributed by atoms with Gasteiger partial charge in [-0.1, -0.05) is 12.1 Å². The molecule has 0 saturated carbocycles. The summed E-state index contributed by atoms with van der Waals surface area (Å²) in [6.45, 7) is 5.96. The minimum atomic E-state index is 0.406. The van der Waals surface area contributed by atoms with E-state index in [0.29, 0.717) is 23.5 Å². The van der Waals surface area contributed by atoms with Gasteiger partial charge >= 0.3 is 0 Å². The predicted octanol–water partition coefficient (Wildman–Crippen LogP) is 3.21. The van der Waals surface area contributed by atoms with Crippen LogP contribution >= 0.6 is 0 Å². The van der Waals surface area contributed by atoms with E-state index in [1.165, 1.54) is 18.4 Å². The molecule has 2 aromatic heterocycles. The Morgan fingerprint density at radius 2 is 1.96 bits per heavy atom. The van der Waals surface area contributed by atoms with Crippen molar-refractivity contribution in [2.45, 2.75) is 39.3 Å². The van der Waals surface area contributed by atoms with Crippen LogP contribution in [0.2, 0.25) is 0 Å². The van der Waals surface area contributed by atoms with Gasteiger partial charge in [-0.15, -0.1) is 10.2 Å². The van der Waals surface area contributed by atoms with Crippen LogP contribution in [-0.2, 0) is 6.54 Å². The summed E-state index contributed by atoms with van der Waals surface area (Å²) in [6.07, 6.45) is 4.19. The first-order valence-electron chi connectivity index (χ1n) is 9.34. The Hall–Kier alpha value is -2.80. The van der Waals surface area contributed by atoms with Crippen LogP contribution in [0.5, 0.6) is 0 Å². The second-order valence-corrected chi connectivity index (χ2v) is 6.99. The van der Waals surface area contributed by atoms with Crippen molar-refractivity contribution in [3.05, 3.63) is 41.7 Å². The van der Waals surface area contributed by atoms with E-state index in [9.17, 15) is 0 Å². The molecule has 0 amide bonds. The number of hydrogen-bond acceptors (Lipinski definition) is 7. The molecule has 1 atom stereocenters. The summed E-state index contributed by atoms with van der Waals surface area (Å²) < 4.78 is 5.92. The van der Waals surface area contributed by atoms with Crippen LogP contribution in [0.3, 0.4) is 0 Å². The van der Waals surface area contributed by atoms with Gasteiger partial charge in [0.05, 0.1) is 11.9 Å². The lowest BCUT2D eigenvalue weighted by Crippen LogP contribution is -2.27. The highest BCUT2D eigenvalue weighted by molar-refractivity contribution is 5.58. The van der Waals surface area contributed by atoms with Crippen LogP contribution in [0.15, 0.2) is 34.9 Å². The van der Waals surface area contributed by atoms with E-state index in [4.69, 9.17) is 9.40 Å². The molecule has 1 saturated heterocycles. The van der Waals surface area contributed by atoms with Gasteiger partial charge in [0.2, 0.25) is 5.89 Å². The van der Waals surface area contributed by atoms with Crippen molar-refractivity contribution in [2.75, 3.05) is 18.5 Å². The van der Waals surface area contributed by atoms with E-state index in [-0.39, 0.29) is 0 Å². The van der Waals surface area contributed by atoms with Gasteiger partial charge in [-0.2, -0.15) is 0 Å². The highest BCUT2D eigenvalue weighted by Crippen LogP contribution is 2.28. The van der Waals surface area contributed by atoms with Gasteiger partial charge in [-0.25, -0.2) is 4.98 Å². The zero-order valence-electron chi connectivity index (χ0n) is 15.9. The van der Waals surface area contributed by atoms with E-state index in [0.717, 1.165) is 30.2 Å². The number of nitrogens with zero attached hydrogens (tertiary/aromatic N) is 5. The van der Waals surface area contributed by atoms with E-state index in [2.05, 4.69) is 44.5 Å². The van der Waals surface area contributed by atoms with Gasteiger partial charge in [0.1, 0.15) is 5.82 Å². The summed E-state index contributed by atoms with van der Waals surface area (Å²) in [4.78, 5) is 11.6. The predicted molar refractivity (Wildman–Crippen MR) is 104 cm³/mol. The topological polar surface area (TPSA) is 80.0 Å². The third-order valence-corrected chi connectivity index (χ3v) is 5.00. The number of benzene rings is 1. The third kappa shape index (κ3) is 3.55. The summed E-state index contributed by atoms with van der Waals surface area (Å²) >= 11 is 0. The number of aromatic nitrogens is 4. The second-order valence-electron chi connectivity index (χ2n) is 6.99. The fourth-order valence-corrected chi connectivity index (χ4v) is 3.46.